The lowest BCUT2D eigenvalue weighted by Gasteiger charge is -2.18. The summed E-state index contributed by atoms with van der Waals surface area (Å²) in [6, 6.07) is 7.80. The van der Waals surface area contributed by atoms with Crippen molar-refractivity contribution in [2.24, 2.45) is 0 Å². The first-order valence-corrected chi connectivity index (χ1v) is 10.8. The lowest BCUT2D eigenvalue weighted by molar-refractivity contribution is -0.146. The molecular formula is C21H22BrF2NO3S. The highest BCUT2D eigenvalue weighted by molar-refractivity contribution is 9.10. The molecule has 1 atom stereocenters. The first-order valence-electron chi connectivity index (χ1n) is 9.14. The summed E-state index contributed by atoms with van der Waals surface area (Å²) >= 11 is 4.55. The molecule has 0 saturated heterocycles. The van der Waals surface area contributed by atoms with Gasteiger partial charge in [-0.2, -0.15) is 0 Å². The molecule has 4 nitrogen and oxygen atoms in total. The Morgan fingerprint density at radius 1 is 1.21 bits per heavy atom. The normalized spacial score (nSPS) is 12.0. The summed E-state index contributed by atoms with van der Waals surface area (Å²) < 4.78 is 33.5. The van der Waals surface area contributed by atoms with Gasteiger partial charge in [-0.1, -0.05) is 19.4 Å². The molecule has 0 aliphatic carbocycles. The average Bonchev–Trinajstić information content (AvgIpc) is 2.64. The zero-order valence-electron chi connectivity index (χ0n) is 16.3. The van der Waals surface area contributed by atoms with Gasteiger partial charge in [-0.15, -0.1) is 11.8 Å². The first-order chi connectivity index (χ1) is 13.7. The van der Waals surface area contributed by atoms with Gasteiger partial charge < -0.3 is 10.1 Å². The molecule has 0 spiro atoms. The summed E-state index contributed by atoms with van der Waals surface area (Å²) in [5.74, 6) is -2.18. The summed E-state index contributed by atoms with van der Waals surface area (Å²) in [5.41, 5.74) is 0.0170. The molecule has 2 aromatic carbocycles. The number of benzene rings is 2. The minimum absolute atomic E-state index is 0.0579. The summed E-state index contributed by atoms with van der Waals surface area (Å²) in [5, 5.41) is 1.99. The smallest absolute Gasteiger partial charge is 0.319 e. The third kappa shape index (κ3) is 6.82. The minimum atomic E-state index is -0.650. The predicted molar refractivity (Wildman–Crippen MR) is 114 cm³/mol. The first kappa shape index (κ1) is 23.3. The number of ether oxygens (including phenoxy) is 1. The Kier molecular flexibility index (Phi) is 8.64. The van der Waals surface area contributed by atoms with Gasteiger partial charge in [0.05, 0.1) is 11.8 Å². The van der Waals surface area contributed by atoms with Gasteiger partial charge in [-0.3, -0.25) is 9.59 Å². The fraction of sp³-hybridized carbons (Fsp3) is 0.333. The van der Waals surface area contributed by atoms with Gasteiger partial charge >= 0.3 is 5.97 Å². The molecule has 1 unspecified atom stereocenters. The molecule has 0 saturated carbocycles. The number of halogens is 3. The van der Waals surface area contributed by atoms with Gasteiger partial charge in [0.1, 0.15) is 16.9 Å². The Morgan fingerprint density at radius 3 is 2.55 bits per heavy atom. The van der Waals surface area contributed by atoms with Crippen LogP contribution in [0, 0.1) is 11.6 Å². The molecule has 0 fully saturated rings. The molecule has 156 valence electrons. The van der Waals surface area contributed by atoms with Crippen molar-refractivity contribution < 1.29 is 23.1 Å². The van der Waals surface area contributed by atoms with Gasteiger partial charge in [0, 0.05) is 14.9 Å². The van der Waals surface area contributed by atoms with E-state index < -0.39 is 22.8 Å². The van der Waals surface area contributed by atoms with Crippen LogP contribution in [0.2, 0.25) is 0 Å². The number of hydrogen-bond donors (Lipinski definition) is 1. The van der Waals surface area contributed by atoms with E-state index in [2.05, 4.69) is 21.2 Å². The van der Waals surface area contributed by atoms with Gasteiger partial charge in [-0.25, -0.2) is 8.78 Å². The number of anilines is 1. The molecule has 1 amide bonds. The molecular weight excluding hydrogens is 464 g/mol. The van der Waals surface area contributed by atoms with E-state index in [1.165, 1.54) is 42.1 Å². The van der Waals surface area contributed by atoms with Crippen LogP contribution in [-0.4, -0.2) is 23.2 Å². The maximum absolute atomic E-state index is 14.4. The number of carbonyl (C=O) groups is 2. The van der Waals surface area contributed by atoms with Crippen LogP contribution >= 0.6 is 27.7 Å². The molecule has 2 aromatic rings. The van der Waals surface area contributed by atoms with Crippen molar-refractivity contribution in [3.8, 4) is 0 Å². The third-order valence-electron chi connectivity index (χ3n) is 3.79. The Bertz CT molecular complexity index is 892. The highest BCUT2D eigenvalue weighted by Gasteiger charge is 2.24. The lowest BCUT2D eigenvalue weighted by atomic mass is 10.2. The maximum atomic E-state index is 14.4. The number of amides is 1. The molecule has 2 rings (SSSR count). The summed E-state index contributed by atoms with van der Waals surface area (Å²) in [6.07, 6.45) is 1.12. The van der Waals surface area contributed by atoms with Crippen molar-refractivity contribution in [1.82, 2.24) is 0 Å². The Hall–Kier alpha value is -1.93. The number of thioether (sulfide) groups is 1. The Morgan fingerprint density at radius 2 is 1.93 bits per heavy atom. The van der Waals surface area contributed by atoms with E-state index in [1.807, 2.05) is 6.92 Å². The van der Waals surface area contributed by atoms with Crippen LogP contribution in [0.4, 0.5) is 14.5 Å². The second-order valence-electron chi connectivity index (χ2n) is 6.61. The molecule has 0 aliphatic heterocycles. The van der Waals surface area contributed by atoms with Crippen molar-refractivity contribution >= 4 is 45.3 Å². The minimum Gasteiger partial charge on any atom is -0.462 e. The quantitative estimate of drug-likeness (QED) is 0.357. The van der Waals surface area contributed by atoms with Crippen LogP contribution in [-0.2, 0) is 9.53 Å². The van der Waals surface area contributed by atoms with Crippen LogP contribution in [0.3, 0.4) is 0 Å². The van der Waals surface area contributed by atoms with Crippen molar-refractivity contribution in [1.29, 1.82) is 0 Å². The SMILES string of the molecule is CCCC(Sc1cc(NC(=O)c2cccc(F)c2)c(F)cc1Br)C(=O)OC(C)C. The zero-order chi connectivity index (χ0) is 21.6. The molecule has 8 heteroatoms. The van der Waals surface area contributed by atoms with E-state index in [9.17, 15) is 18.4 Å². The monoisotopic (exact) mass is 485 g/mol. The summed E-state index contributed by atoms with van der Waals surface area (Å²) in [4.78, 5) is 25.3. The standard InChI is InChI=1S/C21H22BrF2NO3S/c1-4-6-18(21(27)28-12(2)3)29-19-11-17(16(24)10-15(19)22)25-20(26)13-7-5-8-14(23)9-13/h5,7-12,18H,4,6H2,1-3H3,(H,25,26). The fourth-order valence-electron chi connectivity index (χ4n) is 2.49. The molecule has 29 heavy (non-hydrogen) atoms. The molecule has 0 heterocycles. The fourth-order valence-corrected chi connectivity index (χ4v) is 4.25. The van der Waals surface area contributed by atoms with E-state index in [0.717, 1.165) is 12.5 Å². The molecule has 0 bridgehead atoms. The van der Waals surface area contributed by atoms with Gasteiger partial charge in [0.15, 0.2) is 0 Å². The highest BCUT2D eigenvalue weighted by atomic mass is 79.9. The predicted octanol–water partition coefficient (Wildman–Crippen LogP) is 6.19. The second kappa shape index (κ2) is 10.7. The van der Waals surface area contributed by atoms with Gasteiger partial charge in [-0.05, 0) is 66.5 Å². The Balaban J connectivity index is 2.25. The van der Waals surface area contributed by atoms with Crippen LogP contribution in [0.15, 0.2) is 45.8 Å². The van der Waals surface area contributed by atoms with Crippen LogP contribution in [0.5, 0.6) is 0 Å². The van der Waals surface area contributed by atoms with Gasteiger partial charge in [0.2, 0.25) is 0 Å². The van der Waals surface area contributed by atoms with E-state index in [-0.39, 0.29) is 23.3 Å². The van der Waals surface area contributed by atoms with Crippen LogP contribution in [0.1, 0.15) is 44.0 Å². The van der Waals surface area contributed by atoms with E-state index >= 15 is 0 Å². The molecule has 1 N–H and O–H groups in total. The van der Waals surface area contributed by atoms with Crippen LogP contribution in [0.25, 0.3) is 0 Å². The maximum Gasteiger partial charge on any atom is 0.319 e. The van der Waals surface area contributed by atoms with E-state index in [4.69, 9.17) is 4.74 Å². The topological polar surface area (TPSA) is 55.4 Å². The van der Waals surface area contributed by atoms with Crippen molar-refractivity contribution in [3.63, 3.8) is 0 Å². The lowest BCUT2D eigenvalue weighted by Crippen LogP contribution is -2.23. The van der Waals surface area contributed by atoms with Crippen LogP contribution < -0.4 is 5.32 Å². The zero-order valence-corrected chi connectivity index (χ0v) is 18.7. The number of carbonyl (C=O) groups excluding carboxylic acids is 2. The van der Waals surface area contributed by atoms with Crippen molar-refractivity contribution in [2.75, 3.05) is 5.32 Å². The number of rotatable bonds is 8. The van der Waals surface area contributed by atoms with Crippen molar-refractivity contribution in [3.05, 3.63) is 58.1 Å². The summed E-state index contributed by atoms with van der Waals surface area (Å²) in [7, 11) is 0. The molecule has 0 radical (unpaired) electrons. The number of nitrogens with one attached hydrogen (secondary N) is 1. The second-order valence-corrected chi connectivity index (χ2v) is 8.71. The number of hydrogen-bond acceptors (Lipinski definition) is 4. The highest BCUT2D eigenvalue weighted by Crippen LogP contribution is 2.36. The molecule has 0 aliphatic rings. The third-order valence-corrected chi connectivity index (χ3v) is 6.01. The number of esters is 1. The average molecular weight is 486 g/mol. The molecule has 0 aromatic heterocycles. The van der Waals surface area contributed by atoms with Crippen molar-refractivity contribution in [2.45, 2.75) is 49.9 Å². The van der Waals surface area contributed by atoms with E-state index in [1.54, 1.807) is 13.8 Å². The summed E-state index contributed by atoms with van der Waals surface area (Å²) in [6.45, 7) is 5.51. The van der Waals surface area contributed by atoms with E-state index in [0.29, 0.717) is 15.8 Å². The van der Waals surface area contributed by atoms with Gasteiger partial charge in [0.25, 0.3) is 5.91 Å². The largest absolute Gasteiger partial charge is 0.462 e. The Labute approximate surface area is 181 Å².